The summed E-state index contributed by atoms with van der Waals surface area (Å²) in [5.74, 6) is 0. The molecule has 0 atom stereocenters. The molecule has 0 amide bonds. The zero-order valence-corrected chi connectivity index (χ0v) is 18.7. The van der Waals surface area contributed by atoms with Crippen molar-refractivity contribution in [2.45, 2.75) is 75.5 Å². The highest BCUT2D eigenvalue weighted by Crippen LogP contribution is 2.57. The molecule has 2 aromatic carbocycles. The average Bonchev–Trinajstić information content (AvgIpc) is 3.09. The number of para-hydroxylation sites is 1. The van der Waals surface area contributed by atoms with Crippen molar-refractivity contribution in [3.8, 4) is 11.1 Å². The monoisotopic (exact) mass is 403 g/mol. The maximum Gasteiger partial charge on any atom is 0.0503 e. The fraction of sp³-hybridized carbons (Fsp3) is 0.481. The third-order valence-corrected chi connectivity index (χ3v) is 10.9. The van der Waals surface area contributed by atoms with Crippen LogP contribution in [0.15, 0.2) is 54.6 Å². The van der Waals surface area contributed by atoms with Gasteiger partial charge in [0, 0.05) is 23.5 Å². The van der Waals surface area contributed by atoms with Gasteiger partial charge in [0.2, 0.25) is 0 Å². The van der Waals surface area contributed by atoms with E-state index in [2.05, 4.69) is 66.2 Å². The lowest BCUT2D eigenvalue weighted by Gasteiger charge is -2.39. The van der Waals surface area contributed by atoms with Crippen molar-refractivity contribution in [3.63, 3.8) is 0 Å². The summed E-state index contributed by atoms with van der Waals surface area (Å²) < 4.78 is 2.60. The summed E-state index contributed by atoms with van der Waals surface area (Å²) in [7, 11) is 2.21. The van der Waals surface area contributed by atoms with Crippen molar-refractivity contribution in [1.82, 2.24) is 4.57 Å². The molecule has 3 aromatic rings. The normalized spacial score (nSPS) is 19.2. The minimum Gasteiger partial charge on any atom is -0.343 e. The van der Waals surface area contributed by atoms with Crippen LogP contribution in [0.5, 0.6) is 0 Å². The van der Waals surface area contributed by atoms with Crippen LogP contribution in [0.4, 0.5) is 0 Å². The summed E-state index contributed by atoms with van der Waals surface area (Å²) in [6.07, 6.45) is 14.5. The van der Waals surface area contributed by atoms with Gasteiger partial charge in [-0.1, -0.05) is 95.0 Å². The van der Waals surface area contributed by atoms with Crippen molar-refractivity contribution in [1.29, 1.82) is 0 Å². The molecule has 0 spiro atoms. The molecule has 29 heavy (non-hydrogen) atoms. The lowest BCUT2D eigenvalue weighted by Crippen LogP contribution is -2.30. The van der Waals surface area contributed by atoms with Gasteiger partial charge in [-0.3, -0.25) is 0 Å². The Morgan fingerprint density at radius 1 is 0.690 bits per heavy atom. The van der Waals surface area contributed by atoms with Crippen molar-refractivity contribution in [3.05, 3.63) is 54.6 Å². The fourth-order valence-electron chi connectivity index (χ4n) is 5.93. The smallest absolute Gasteiger partial charge is 0.0503 e. The summed E-state index contributed by atoms with van der Waals surface area (Å²) in [5, 5.41) is 1.45. The van der Waals surface area contributed by atoms with E-state index in [0.29, 0.717) is 0 Å². The Morgan fingerprint density at radius 3 is 1.86 bits per heavy atom. The lowest BCUT2D eigenvalue weighted by atomic mass is 9.99. The molecule has 2 heteroatoms. The van der Waals surface area contributed by atoms with Crippen LogP contribution in [-0.2, 0) is 7.05 Å². The van der Waals surface area contributed by atoms with Crippen LogP contribution in [0.1, 0.15) is 64.2 Å². The number of hydrogen-bond donors (Lipinski definition) is 0. The quantitative estimate of drug-likeness (QED) is 0.395. The van der Waals surface area contributed by atoms with E-state index < -0.39 is 0 Å². The molecular formula is C27H34NP. The predicted octanol–water partition coefficient (Wildman–Crippen LogP) is 7.62. The SMILES string of the molecule is Cn1c(P(C2CCCCC2)C2CCCCC2)c(-c2ccccc2)c2ccccc21. The number of fused-ring (bicyclic) bond motifs is 1. The highest BCUT2D eigenvalue weighted by Gasteiger charge is 2.36. The Balaban J connectivity index is 1.72. The summed E-state index contributed by atoms with van der Waals surface area (Å²) >= 11 is 0. The van der Waals surface area contributed by atoms with Crippen molar-refractivity contribution >= 4 is 24.3 Å². The lowest BCUT2D eigenvalue weighted by molar-refractivity contribution is 0.486. The van der Waals surface area contributed by atoms with Gasteiger partial charge >= 0.3 is 0 Å². The molecule has 0 N–H and O–H groups in total. The average molecular weight is 404 g/mol. The topological polar surface area (TPSA) is 4.93 Å². The second-order valence-corrected chi connectivity index (χ2v) is 11.8. The minimum atomic E-state index is -0.141. The number of aromatic nitrogens is 1. The fourth-order valence-corrected chi connectivity index (χ4v) is 10.0. The summed E-state index contributed by atoms with van der Waals surface area (Å²) in [6.45, 7) is 0. The number of hydrogen-bond acceptors (Lipinski definition) is 0. The van der Waals surface area contributed by atoms with Crippen LogP contribution < -0.4 is 5.44 Å². The van der Waals surface area contributed by atoms with Gasteiger partial charge in [-0.05, 0) is 48.6 Å². The third kappa shape index (κ3) is 3.68. The first-order valence-corrected chi connectivity index (χ1v) is 13.2. The first-order chi connectivity index (χ1) is 14.3. The van der Waals surface area contributed by atoms with E-state index in [1.165, 1.54) is 80.7 Å². The molecule has 0 radical (unpaired) electrons. The molecule has 152 valence electrons. The Morgan fingerprint density at radius 2 is 1.24 bits per heavy atom. The molecule has 1 nitrogen and oxygen atoms in total. The van der Waals surface area contributed by atoms with Gasteiger partial charge < -0.3 is 4.57 Å². The molecule has 1 heterocycles. The second kappa shape index (κ2) is 8.65. The molecule has 2 saturated carbocycles. The number of aryl methyl sites for hydroxylation is 1. The molecule has 0 bridgehead atoms. The summed E-state index contributed by atoms with van der Waals surface area (Å²) in [5.41, 5.74) is 7.93. The largest absolute Gasteiger partial charge is 0.343 e. The highest BCUT2D eigenvalue weighted by atomic mass is 31.1. The standard InChI is InChI=1S/C27H34NP/c1-28-25-20-12-11-19-24(25)26(21-13-5-2-6-14-21)27(28)29(22-15-7-3-8-16-22)23-17-9-4-10-18-23/h2,5-6,11-14,19-20,22-23H,3-4,7-10,15-18H2,1H3. The zero-order valence-electron chi connectivity index (χ0n) is 17.8. The Bertz CT molecular complexity index is 927. The van der Waals surface area contributed by atoms with E-state index in [-0.39, 0.29) is 7.92 Å². The van der Waals surface area contributed by atoms with Gasteiger partial charge in [-0.25, -0.2) is 0 Å². The van der Waals surface area contributed by atoms with Gasteiger partial charge in [0.1, 0.15) is 0 Å². The maximum atomic E-state index is 2.60. The van der Waals surface area contributed by atoms with Crippen molar-refractivity contribution in [2.75, 3.05) is 0 Å². The van der Waals surface area contributed by atoms with E-state index in [1.807, 2.05) is 0 Å². The van der Waals surface area contributed by atoms with Crippen molar-refractivity contribution in [2.24, 2.45) is 7.05 Å². The molecule has 0 aliphatic heterocycles. The first kappa shape index (κ1) is 19.4. The molecule has 1 aromatic heterocycles. The van der Waals surface area contributed by atoms with E-state index in [4.69, 9.17) is 0 Å². The number of nitrogens with zero attached hydrogens (tertiary/aromatic N) is 1. The van der Waals surface area contributed by atoms with Gasteiger partial charge in [-0.15, -0.1) is 0 Å². The van der Waals surface area contributed by atoms with Gasteiger partial charge in [0.15, 0.2) is 0 Å². The molecule has 0 saturated heterocycles. The number of rotatable bonds is 4. The van der Waals surface area contributed by atoms with Gasteiger partial charge in [0.05, 0.1) is 5.44 Å². The van der Waals surface area contributed by atoms with Gasteiger partial charge in [-0.2, -0.15) is 0 Å². The van der Waals surface area contributed by atoms with Crippen molar-refractivity contribution < 1.29 is 0 Å². The predicted molar refractivity (Wildman–Crippen MR) is 129 cm³/mol. The van der Waals surface area contributed by atoms with Crippen LogP contribution in [0, 0.1) is 0 Å². The maximum absolute atomic E-state index is 2.60. The van der Waals surface area contributed by atoms with Crippen LogP contribution in [0.25, 0.3) is 22.0 Å². The zero-order chi connectivity index (χ0) is 19.6. The summed E-state index contributed by atoms with van der Waals surface area (Å²) in [4.78, 5) is 0. The van der Waals surface area contributed by atoms with Crippen LogP contribution >= 0.6 is 7.92 Å². The molecule has 0 unspecified atom stereocenters. The minimum absolute atomic E-state index is 0.141. The Kier molecular flexibility index (Phi) is 5.78. The molecule has 2 aliphatic carbocycles. The van der Waals surface area contributed by atoms with Crippen LogP contribution in [-0.4, -0.2) is 15.9 Å². The van der Waals surface area contributed by atoms with E-state index in [0.717, 1.165) is 11.3 Å². The Hall–Kier alpha value is -1.59. The molecule has 2 aliphatic rings. The van der Waals surface area contributed by atoms with Crippen LogP contribution in [0.2, 0.25) is 0 Å². The van der Waals surface area contributed by atoms with E-state index in [9.17, 15) is 0 Å². The third-order valence-electron chi connectivity index (χ3n) is 7.32. The number of benzene rings is 2. The second-order valence-electron chi connectivity index (χ2n) is 9.13. The summed E-state index contributed by atoms with van der Waals surface area (Å²) in [6, 6.07) is 20.4. The van der Waals surface area contributed by atoms with E-state index in [1.54, 1.807) is 11.0 Å². The molecular weight excluding hydrogens is 369 g/mol. The van der Waals surface area contributed by atoms with Gasteiger partial charge in [0.25, 0.3) is 0 Å². The van der Waals surface area contributed by atoms with Crippen LogP contribution in [0.3, 0.4) is 0 Å². The molecule has 2 fully saturated rings. The van der Waals surface area contributed by atoms with E-state index >= 15 is 0 Å². The first-order valence-electron chi connectivity index (χ1n) is 11.8. The molecule has 5 rings (SSSR count). The highest BCUT2D eigenvalue weighted by molar-refractivity contribution is 7.67. The Labute approximate surface area is 177 Å².